The maximum Gasteiger partial charge on any atom is 0.276 e. The van der Waals surface area contributed by atoms with Crippen molar-refractivity contribution in [1.29, 1.82) is 0 Å². The van der Waals surface area contributed by atoms with E-state index in [1.54, 1.807) is 0 Å². The number of aromatic amines is 1. The Hall–Kier alpha value is -3.45. The molecule has 4 heterocycles. The molecule has 1 fully saturated rings. The van der Waals surface area contributed by atoms with Crippen molar-refractivity contribution >= 4 is 29.0 Å². The minimum atomic E-state index is -0.166. The molecule has 7 nitrogen and oxygen atoms in total. The number of aromatic nitrogens is 2. The average Bonchev–Trinajstić information content (AvgIpc) is 3.33. The van der Waals surface area contributed by atoms with Crippen LogP contribution >= 0.6 is 0 Å². The van der Waals surface area contributed by atoms with Crippen LogP contribution in [-0.2, 0) is 4.79 Å². The lowest BCUT2D eigenvalue weighted by atomic mass is 10.1. The average molecular weight is 386 g/mol. The molecule has 5 rings (SSSR count). The van der Waals surface area contributed by atoms with Crippen LogP contribution in [0.2, 0.25) is 0 Å². The molecule has 0 aliphatic carbocycles. The van der Waals surface area contributed by atoms with Crippen LogP contribution < -0.4 is 5.32 Å². The number of amides is 1. The Morgan fingerprint density at radius 3 is 2.66 bits per heavy atom. The fourth-order valence-electron chi connectivity index (χ4n) is 3.70. The molecule has 0 unspecified atom stereocenters. The van der Waals surface area contributed by atoms with Crippen molar-refractivity contribution in [3.63, 3.8) is 0 Å². The number of aliphatic imine (C=N–C) groups is 1. The second-order valence-electron chi connectivity index (χ2n) is 7.44. The summed E-state index contributed by atoms with van der Waals surface area (Å²) < 4.78 is 0. The van der Waals surface area contributed by atoms with E-state index in [1.807, 2.05) is 36.7 Å². The topological polar surface area (TPSA) is 76.6 Å². The SMILES string of the molecule is CN1CCN(C2=NC(=Cc3c[nH]c4ncc(-c5ccccc5)cc34)C(=O)N2)CC1. The molecule has 2 aliphatic rings. The normalized spacial score (nSPS) is 19.1. The van der Waals surface area contributed by atoms with Gasteiger partial charge < -0.3 is 14.8 Å². The molecule has 1 amide bonds. The molecule has 0 radical (unpaired) electrons. The maximum atomic E-state index is 12.5. The number of carbonyl (C=O) groups excluding carboxylic acids is 1. The highest BCUT2D eigenvalue weighted by Crippen LogP contribution is 2.26. The van der Waals surface area contributed by atoms with Gasteiger partial charge in [0.05, 0.1) is 0 Å². The Bertz CT molecular complexity index is 1120. The van der Waals surface area contributed by atoms with Crippen molar-refractivity contribution < 1.29 is 4.79 Å². The minimum Gasteiger partial charge on any atom is -0.346 e. The van der Waals surface area contributed by atoms with Crippen molar-refractivity contribution in [2.24, 2.45) is 4.99 Å². The number of nitrogens with zero attached hydrogens (tertiary/aromatic N) is 4. The molecule has 0 spiro atoms. The van der Waals surface area contributed by atoms with E-state index in [0.29, 0.717) is 11.7 Å². The summed E-state index contributed by atoms with van der Waals surface area (Å²) in [7, 11) is 2.10. The Kier molecular flexibility index (Phi) is 4.37. The number of benzene rings is 1. The number of fused-ring (bicyclic) bond motifs is 1. The van der Waals surface area contributed by atoms with E-state index in [1.165, 1.54) is 0 Å². The van der Waals surface area contributed by atoms with Gasteiger partial charge in [0, 0.05) is 55.1 Å². The van der Waals surface area contributed by atoms with Gasteiger partial charge in [-0.3, -0.25) is 10.1 Å². The molecule has 1 saturated heterocycles. The molecule has 0 saturated carbocycles. The van der Waals surface area contributed by atoms with Crippen LogP contribution in [0.1, 0.15) is 5.56 Å². The number of piperazine rings is 1. The molecule has 3 aromatic rings. The highest BCUT2D eigenvalue weighted by molar-refractivity contribution is 6.14. The van der Waals surface area contributed by atoms with Crippen LogP contribution in [0.25, 0.3) is 28.2 Å². The van der Waals surface area contributed by atoms with E-state index in [2.05, 4.69) is 55.3 Å². The van der Waals surface area contributed by atoms with Gasteiger partial charge >= 0.3 is 0 Å². The standard InChI is InChI=1S/C22H22N6O/c1-27-7-9-28(10-8-27)22-25-19(21(29)26-22)12-17-14-24-20-18(17)11-16(13-23-20)15-5-3-2-4-6-15/h2-6,11-14H,7-10H2,1H3,(H,23,24)(H,25,26,29). The first-order chi connectivity index (χ1) is 14.2. The second-order valence-corrected chi connectivity index (χ2v) is 7.44. The molecule has 7 heteroatoms. The number of hydrogen-bond donors (Lipinski definition) is 2. The molecular formula is C22H22N6O. The molecule has 29 heavy (non-hydrogen) atoms. The van der Waals surface area contributed by atoms with Crippen LogP contribution in [0.4, 0.5) is 0 Å². The maximum absolute atomic E-state index is 12.5. The zero-order chi connectivity index (χ0) is 19.8. The number of pyridine rings is 1. The molecule has 0 bridgehead atoms. The summed E-state index contributed by atoms with van der Waals surface area (Å²) in [6, 6.07) is 12.2. The minimum absolute atomic E-state index is 0.166. The highest BCUT2D eigenvalue weighted by atomic mass is 16.2. The lowest BCUT2D eigenvalue weighted by Crippen LogP contribution is -2.50. The smallest absolute Gasteiger partial charge is 0.276 e. The number of guanidine groups is 1. The first-order valence-electron chi connectivity index (χ1n) is 9.75. The van der Waals surface area contributed by atoms with Crippen LogP contribution in [0, 0.1) is 0 Å². The van der Waals surface area contributed by atoms with Gasteiger partial charge in [-0.15, -0.1) is 0 Å². The predicted molar refractivity (Wildman–Crippen MR) is 114 cm³/mol. The summed E-state index contributed by atoms with van der Waals surface area (Å²) in [6.07, 6.45) is 5.56. The van der Waals surface area contributed by atoms with Crippen molar-refractivity contribution in [3.8, 4) is 11.1 Å². The molecule has 0 atom stereocenters. The van der Waals surface area contributed by atoms with Gasteiger partial charge in [0.15, 0.2) is 0 Å². The Morgan fingerprint density at radius 2 is 1.86 bits per heavy atom. The number of nitrogens with one attached hydrogen (secondary N) is 2. The Balaban J connectivity index is 1.47. The van der Waals surface area contributed by atoms with Crippen molar-refractivity contribution in [2.45, 2.75) is 0 Å². The summed E-state index contributed by atoms with van der Waals surface area (Å²) in [5.74, 6) is 0.484. The summed E-state index contributed by atoms with van der Waals surface area (Å²) >= 11 is 0. The van der Waals surface area contributed by atoms with Crippen LogP contribution in [0.5, 0.6) is 0 Å². The van der Waals surface area contributed by atoms with E-state index in [0.717, 1.165) is 53.9 Å². The van der Waals surface area contributed by atoms with Gasteiger partial charge in [0.2, 0.25) is 5.96 Å². The number of hydrogen-bond acceptors (Lipinski definition) is 5. The Labute approximate surface area is 168 Å². The van der Waals surface area contributed by atoms with Gasteiger partial charge in [0.1, 0.15) is 11.3 Å². The molecule has 2 aromatic heterocycles. The number of rotatable bonds is 2. The fourth-order valence-corrected chi connectivity index (χ4v) is 3.70. The summed E-state index contributed by atoms with van der Waals surface area (Å²) in [5, 5.41) is 3.88. The lowest BCUT2D eigenvalue weighted by molar-refractivity contribution is -0.115. The van der Waals surface area contributed by atoms with Crippen LogP contribution in [0.15, 0.2) is 59.5 Å². The largest absolute Gasteiger partial charge is 0.346 e. The Morgan fingerprint density at radius 1 is 1.07 bits per heavy atom. The molecule has 2 N–H and O–H groups in total. The third kappa shape index (κ3) is 3.40. The van der Waals surface area contributed by atoms with Gasteiger partial charge in [-0.25, -0.2) is 9.98 Å². The number of likely N-dealkylation sites (N-methyl/N-ethyl adjacent to an activating group) is 1. The summed E-state index contributed by atoms with van der Waals surface area (Å²) in [4.78, 5) is 29.2. The third-order valence-electron chi connectivity index (χ3n) is 5.45. The first-order valence-corrected chi connectivity index (χ1v) is 9.75. The second kappa shape index (κ2) is 7.18. The highest BCUT2D eigenvalue weighted by Gasteiger charge is 2.26. The molecular weight excluding hydrogens is 364 g/mol. The van der Waals surface area contributed by atoms with Gasteiger partial charge in [-0.1, -0.05) is 30.3 Å². The van der Waals surface area contributed by atoms with E-state index in [9.17, 15) is 4.79 Å². The molecule has 1 aromatic carbocycles. The van der Waals surface area contributed by atoms with Crippen molar-refractivity contribution in [3.05, 3.63) is 60.1 Å². The monoisotopic (exact) mass is 386 g/mol. The van der Waals surface area contributed by atoms with Crippen LogP contribution in [0.3, 0.4) is 0 Å². The number of H-pyrrole nitrogens is 1. The zero-order valence-corrected chi connectivity index (χ0v) is 16.2. The lowest BCUT2D eigenvalue weighted by Gasteiger charge is -2.33. The van der Waals surface area contributed by atoms with Crippen molar-refractivity contribution in [2.75, 3.05) is 33.2 Å². The zero-order valence-electron chi connectivity index (χ0n) is 16.2. The van der Waals surface area contributed by atoms with Crippen LogP contribution in [-0.4, -0.2) is 64.9 Å². The third-order valence-corrected chi connectivity index (χ3v) is 5.45. The summed E-state index contributed by atoms with van der Waals surface area (Å²) in [6.45, 7) is 3.65. The first kappa shape index (κ1) is 17.6. The van der Waals surface area contributed by atoms with Gasteiger partial charge in [-0.2, -0.15) is 0 Å². The fraction of sp³-hybridized carbons (Fsp3) is 0.227. The number of carbonyl (C=O) groups is 1. The van der Waals surface area contributed by atoms with Crippen molar-refractivity contribution in [1.82, 2.24) is 25.1 Å². The predicted octanol–water partition coefficient (Wildman–Crippen LogP) is 2.30. The van der Waals surface area contributed by atoms with Gasteiger partial charge in [-0.05, 0) is 24.8 Å². The molecule has 146 valence electrons. The molecule has 2 aliphatic heterocycles. The van der Waals surface area contributed by atoms with E-state index < -0.39 is 0 Å². The quantitative estimate of drug-likeness (QED) is 0.663. The van der Waals surface area contributed by atoms with E-state index >= 15 is 0 Å². The van der Waals surface area contributed by atoms with Gasteiger partial charge in [0.25, 0.3) is 5.91 Å². The van der Waals surface area contributed by atoms with E-state index in [4.69, 9.17) is 0 Å². The summed E-state index contributed by atoms with van der Waals surface area (Å²) in [5.41, 5.74) is 4.26. The van der Waals surface area contributed by atoms with E-state index in [-0.39, 0.29) is 5.91 Å².